The highest BCUT2D eigenvalue weighted by atomic mass is 35.5. The topological polar surface area (TPSA) is 12.0 Å². The van der Waals surface area contributed by atoms with Crippen LogP contribution in [0.3, 0.4) is 0 Å². The van der Waals surface area contributed by atoms with Crippen molar-refractivity contribution in [3.8, 4) is 11.1 Å². The number of rotatable bonds is 4. The second-order valence-electron chi connectivity index (χ2n) is 3.88. The van der Waals surface area contributed by atoms with E-state index >= 15 is 0 Å². The van der Waals surface area contributed by atoms with Gasteiger partial charge in [-0.1, -0.05) is 48.0 Å². The molecule has 0 unspecified atom stereocenters. The highest BCUT2D eigenvalue weighted by Crippen LogP contribution is 2.21. The van der Waals surface area contributed by atoms with Crippen molar-refractivity contribution < 1.29 is 0 Å². The molecule has 0 spiro atoms. The molecule has 0 fully saturated rings. The Hall–Kier alpha value is -1.31. The molecule has 1 nitrogen and oxygen atoms in total. The Morgan fingerprint density at radius 1 is 0.882 bits per heavy atom. The van der Waals surface area contributed by atoms with Crippen LogP contribution in [0.1, 0.15) is 5.56 Å². The Balaban J connectivity index is 2.14. The normalized spacial score (nSPS) is 10.5. The molecule has 0 aliphatic rings. The van der Waals surface area contributed by atoms with E-state index in [0.717, 1.165) is 18.1 Å². The highest BCUT2D eigenvalue weighted by Gasteiger charge is 1.98. The monoisotopic (exact) mass is 244 g/mol. The van der Waals surface area contributed by atoms with Gasteiger partial charge in [0.05, 0.1) is 0 Å². The van der Waals surface area contributed by atoms with Gasteiger partial charge in [0.1, 0.15) is 0 Å². The summed E-state index contributed by atoms with van der Waals surface area (Å²) in [5.41, 5.74) is 3.66. The lowest BCUT2D eigenvalue weighted by Gasteiger charge is -2.05. The van der Waals surface area contributed by atoms with Gasteiger partial charge in [0.25, 0.3) is 0 Å². The third kappa shape index (κ3) is 3.32. The predicted molar refractivity (Wildman–Crippen MR) is 74.0 cm³/mol. The molecule has 2 rings (SSSR count). The average molecular weight is 245 g/mol. The molecule has 0 saturated heterocycles. The minimum Gasteiger partial charge on any atom is -0.313 e. The van der Waals surface area contributed by atoms with E-state index in [1.54, 1.807) is 0 Å². The summed E-state index contributed by atoms with van der Waals surface area (Å²) in [6.45, 7) is 5.36. The Bertz CT molecular complexity index is 459. The molecule has 0 heterocycles. The summed E-state index contributed by atoms with van der Waals surface area (Å²) in [5, 5.41) is 3.97. The van der Waals surface area contributed by atoms with Crippen LogP contribution in [0.5, 0.6) is 0 Å². The van der Waals surface area contributed by atoms with Gasteiger partial charge in [-0.3, -0.25) is 0 Å². The Morgan fingerprint density at radius 2 is 1.41 bits per heavy atom. The summed E-state index contributed by atoms with van der Waals surface area (Å²) in [6, 6.07) is 16.4. The van der Waals surface area contributed by atoms with Crippen LogP contribution in [0.2, 0.25) is 5.02 Å². The van der Waals surface area contributed by atoms with E-state index in [1.807, 2.05) is 24.3 Å². The van der Waals surface area contributed by atoms with E-state index in [2.05, 4.69) is 36.5 Å². The third-order valence-electron chi connectivity index (χ3n) is 2.64. The molecule has 0 aliphatic carbocycles. The molecule has 0 bridgehead atoms. The molecular formula is C15H15ClN. The van der Waals surface area contributed by atoms with Gasteiger partial charge >= 0.3 is 0 Å². The van der Waals surface area contributed by atoms with Crippen LogP contribution in [0.15, 0.2) is 48.5 Å². The van der Waals surface area contributed by atoms with Crippen LogP contribution >= 0.6 is 11.6 Å². The lowest BCUT2D eigenvalue weighted by Crippen LogP contribution is -2.11. The maximum Gasteiger partial charge on any atom is 0.0406 e. The molecule has 87 valence electrons. The first kappa shape index (κ1) is 12.2. The summed E-state index contributed by atoms with van der Waals surface area (Å²) in [4.78, 5) is 0. The standard InChI is InChI=1S/C15H15ClN/c1-2-17-11-12-3-5-13(6-4-12)14-7-9-15(16)10-8-14/h3-10,17H,1-2,11H2. The lowest BCUT2D eigenvalue weighted by atomic mass is 10.0. The molecule has 2 heteroatoms. The fourth-order valence-electron chi connectivity index (χ4n) is 1.69. The summed E-state index contributed by atoms with van der Waals surface area (Å²) >= 11 is 5.87. The molecule has 0 aromatic heterocycles. The van der Waals surface area contributed by atoms with Crippen LogP contribution < -0.4 is 5.32 Å². The van der Waals surface area contributed by atoms with Gasteiger partial charge in [-0.15, -0.1) is 0 Å². The molecule has 0 saturated carbocycles. The van der Waals surface area contributed by atoms with E-state index in [-0.39, 0.29) is 0 Å². The summed E-state index contributed by atoms with van der Waals surface area (Å²) in [5.74, 6) is 0. The van der Waals surface area contributed by atoms with Crippen LogP contribution in [0, 0.1) is 6.92 Å². The third-order valence-corrected chi connectivity index (χ3v) is 2.89. The maximum absolute atomic E-state index is 5.87. The zero-order valence-corrected chi connectivity index (χ0v) is 10.4. The summed E-state index contributed by atoms with van der Waals surface area (Å²) < 4.78 is 0. The molecule has 1 N–H and O–H groups in total. The highest BCUT2D eigenvalue weighted by molar-refractivity contribution is 6.30. The lowest BCUT2D eigenvalue weighted by molar-refractivity contribution is 0.758. The molecule has 17 heavy (non-hydrogen) atoms. The Labute approximate surface area is 107 Å². The SMILES string of the molecule is [CH2]CNCc1ccc(-c2ccc(Cl)cc2)cc1. The van der Waals surface area contributed by atoms with E-state index < -0.39 is 0 Å². The van der Waals surface area contributed by atoms with E-state index in [4.69, 9.17) is 11.6 Å². The summed E-state index contributed by atoms with van der Waals surface area (Å²) in [7, 11) is 0. The summed E-state index contributed by atoms with van der Waals surface area (Å²) in [6.07, 6.45) is 0. The van der Waals surface area contributed by atoms with Crippen molar-refractivity contribution in [3.05, 3.63) is 66.0 Å². The second-order valence-corrected chi connectivity index (χ2v) is 4.32. The minimum absolute atomic E-state index is 0.749. The van der Waals surface area contributed by atoms with Gasteiger partial charge in [0.2, 0.25) is 0 Å². The van der Waals surface area contributed by atoms with Crippen molar-refractivity contribution in [1.82, 2.24) is 5.32 Å². The zero-order valence-electron chi connectivity index (χ0n) is 9.62. The van der Waals surface area contributed by atoms with Crippen LogP contribution in [0.25, 0.3) is 11.1 Å². The van der Waals surface area contributed by atoms with Gasteiger partial charge in [-0.25, -0.2) is 0 Å². The van der Waals surface area contributed by atoms with Crippen molar-refractivity contribution in [2.45, 2.75) is 6.54 Å². The molecule has 0 atom stereocenters. The van der Waals surface area contributed by atoms with Crippen LogP contribution in [0.4, 0.5) is 0 Å². The molecule has 1 radical (unpaired) electrons. The van der Waals surface area contributed by atoms with Crippen molar-refractivity contribution in [2.75, 3.05) is 6.54 Å². The molecule has 0 amide bonds. The minimum atomic E-state index is 0.749. The van der Waals surface area contributed by atoms with Gasteiger partial charge in [0, 0.05) is 11.6 Å². The zero-order chi connectivity index (χ0) is 12.1. The molecule has 0 aliphatic heterocycles. The van der Waals surface area contributed by atoms with Gasteiger partial charge in [0.15, 0.2) is 0 Å². The van der Waals surface area contributed by atoms with Crippen LogP contribution in [-0.2, 0) is 6.54 Å². The molecule has 2 aromatic carbocycles. The van der Waals surface area contributed by atoms with E-state index in [1.165, 1.54) is 16.7 Å². The van der Waals surface area contributed by atoms with E-state index in [9.17, 15) is 0 Å². The quantitative estimate of drug-likeness (QED) is 0.859. The van der Waals surface area contributed by atoms with Gasteiger partial charge in [-0.2, -0.15) is 0 Å². The van der Waals surface area contributed by atoms with Gasteiger partial charge < -0.3 is 5.32 Å². The number of hydrogen-bond donors (Lipinski definition) is 1. The first-order chi connectivity index (χ1) is 8.29. The fourth-order valence-corrected chi connectivity index (χ4v) is 1.82. The van der Waals surface area contributed by atoms with Crippen LogP contribution in [-0.4, -0.2) is 6.54 Å². The average Bonchev–Trinajstić information content (AvgIpc) is 2.38. The van der Waals surface area contributed by atoms with Crippen molar-refractivity contribution in [1.29, 1.82) is 0 Å². The number of nitrogens with one attached hydrogen (secondary N) is 1. The Morgan fingerprint density at radius 3 is 1.94 bits per heavy atom. The first-order valence-electron chi connectivity index (χ1n) is 5.64. The van der Waals surface area contributed by atoms with E-state index in [0.29, 0.717) is 0 Å². The fraction of sp³-hybridized carbons (Fsp3) is 0.133. The maximum atomic E-state index is 5.87. The number of hydrogen-bond acceptors (Lipinski definition) is 1. The van der Waals surface area contributed by atoms with Crippen molar-refractivity contribution in [2.24, 2.45) is 0 Å². The first-order valence-corrected chi connectivity index (χ1v) is 6.02. The van der Waals surface area contributed by atoms with Crippen molar-refractivity contribution in [3.63, 3.8) is 0 Å². The number of benzene rings is 2. The van der Waals surface area contributed by atoms with Crippen molar-refractivity contribution >= 4 is 11.6 Å². The Kier molecular flexibility index (Phi) is 4.18. The molecule has 2 aromatic rings. The largest absolute Gasteiger partial charge is 0.313 e. The van der Waals surface area contributed by atoms with Gasteiger partial charge in [-0.05, 0) is 42.3 Å². The predicted octanol–water partition coefficient (Wildman–Crippen LogP) is 3.93. The number of halogens is 1. The molecular weight excluding hydrogens is 230 g/mol. The second kappa shape index (κ2) is 5.85. The smallest absolute Gasteiger partial charge is 0.0406 e.